The van der Waals surface area contributed by atoms with Crippen LogP contribution in [0.5, 0.6) is 0 Å². The van der Waals surface area contributed by atoms with Crippen molar-refractivity contribution in [1.82, 2.24) is 4.57 Å². The van der Waals surface area contributed by atoms with Crippen LogP contribution in [0.1, 0.15) is 46.0 Å². The van der Waals surface area contributed by atoms with Gasteiger partial charge in [0.15, 0.2) is 6.61 Å². The number of carbonyl (C=O) groups is 2. The number of furan rings is 1. The Kier molecular flexibility index (Phi) is 5.94. The summed E-state index contributed by atoms with van der Waals surface area (Å²) >= 11 is 0. The molecule has 0 aliphatic rings. The summed E-state index contributed by atoms with van der Waals surface area (Å²) in [6, 6.07) is 15.5. The molecule has 0 aliphatic carbocycles. The highest BCUT2D eigenvalue weighted by atomic mass is 16.5. The molecule has 0 aliphatic heterocycles. The van der Waals surface area contributed by atoms with Gasteiger partial charge in [0.1, 0.15) is 5.76 Å². The number of hydrogen-bond acceptors (Lipinski definition) is 4. The number of rotatable bonds is 7. The molecule has 3 rings (SSSR count). The summed E-state index contributed by atoms with van der Waals surface area (Å²) in [5.41, 5.74) is 3.59. The maximum atomic E-state index is 12.6. The van der Waals surface area contributed by atoms with E-state index in [1.807, 2.05) is 38.1 Å². The molecule has 1 atom stereocenters. The van der Waals surface area contributed by atoms with Gasteiger partial charge in [0.2, 0.25) is 5.78 Å². The molecule has 0 saturated carbocycles. The van der Waals surface area contributed by atoms with Gasteiger partial charge in [-0.3, -0.25) is 4.79 Å². The number of ether oxygens (including phenoxy) is 1. The lowest BCUT2D eigenvalue weighted by molar-refractivity contribution is -0.136. The number of hydrogen-bond donors (Lipinski definition) is 0. The molecule has 0 fully saturated rings. The number of nitrogens with zero attached hydrogens (tertiary/aromatic N) is 1. The molecule has 144 valence electrons. The van der Waals surface area contributed by atoms with Crippen LogP contribution in [0, 0.1) is 13.8 Å². The summed E-state index contributed by atoms with van der Waals surface area (Å²) in [6.07, 6.45) is 4.26. The molecule has 2 aromatic heterocycles. The Morgan fingerprint density at radius 1 is 1.14 bits per heavy atom. The Morgan fingerprint density at radius 2 is 1.89 bits per heavy atom. The first-order valence-corrected chi connectivity index (χ1v) is 9.12. The van der Waals surface area contributed by atoms with E-state index < -0.39 is 5.97 Å². The summed E-state index contributed by atoms with van der Waals surface area (Å²) in [5.74, 6) is -0.266. The van der Waals surface area contributed by atoms with E-state index >= 15 is 0 Å². The molecule has 5 heteroatoms. The quantitative estimate of drug-likeness (QED) is 0.339. The zero-order valence-electron chi connectivity index (χ0n) is 16.2. The first-order valence-electron chi connectivity index (χ1n) is 9.12. The number of aromatic nitrogens is 1. The van der Waals surface area contributed by atoms with E-state index in [0.717, 1.165) is 17.0 Å². The average molecular weight is 377 g/mol. The summed E-state index contributed by atoms with van der Waals surface area (Å²) in [5, 5.41) is 0. The van der Waals surface area contributed by atoms with Gasteiger partial charge in [-0.15, -0.1) is 0 Å². The third-order valence-electron chi connectivity index (χ3n) is 4.73. The molecule has 0 bridgehead atoms. The maximum absolute atomic E-state index is 12.6. The Bertz CT molecular complexity index is 981. The third-order valence-corrected chi connectivity index (χ3v) is 4.73. The number of carbonyl (C=O) groups excluding carboxylic acids is 2. The second kappa shape index (κ2) is 8.57. The Balaban J connectivity index is 1.68. The molecule has 5 nitrogen and oxygen atoms in total. The summed E-state index contributed by atoms with van der Waals surface area (Å²) in [6.45, 7) is 5.69. The predicted molar refractivity (Wildman–Crippen MR) is 107 cm³/mol. The second-order valence-corrected chi connectivity index (χ2v) is 6.62. The van der Waals surface area contributed by atoms with Gasteiger partial charge in [0, 0.05) is 23.0 Å². The fourth-order valence-electron chi connectivity index (χ4n) is 3.33. The molecule has 0 N–H and O–H groups in total. The molecular formula is C23H23NO4. The van der Waals surface area contributed by atoms with Crippen molar-refractivity contribution < 1.29 is 18.7 Å². The van der Waals surface area contributed by atoms with Crippen molar-refractivity contribution in [2.45, 2.75) is 26.8 Å². The lowest BCUT2D eigenvalue weighted by Gasteiger charge is -2.19. The van der Waals surface area contributed by atoms with Crippen molar-refractivity contribution in [3.05, 3.63) is 89.1 Å². The number of aryl methyl sites for hydroxylation is 1. The van der Waals surface area contributed by atoms with Crippen molar-refractivity contribution in [3.8, 4) is 0 Å². The summed E-state index contributed by atoms with van der Waals surface area (Å²) in [7, 11) is 0. The number of benzene rings is 1. The van der Waals surface area contributed by atoms with Crippen LogP contribution < -0.4 is 0 Å². The fraction of sp³-hybridized carbons (Fsp3) is 0.217. The van der Waals surface area contributed by atoms with Crippen molar-refractivity contribution in [3.63, 3.8) is 0 Å². The third kappa shape index (κ3) is 4.31. The number of Topliss-reactive ketones (excluding diaryl/α,β-unsaturated/α-hetero) is 1. The Labute approximate surface area is 164 Å². The zero-order valence-corrected chi connectivity index (χ0v) is 16.2. The Hall–Kier alpha value is -3.34. The molecule has 0 saturated heterocycles. The standard InChI is InChI=1S/C23H23NO4/c1-16-14-21(18(3)24(16)17(2)19-8-5-4-6-9-19)22(25)15-28-23(26)12-11-20-10-7-13-27-20/h4-14,17H,15H2,1-3H3/b12-11+/t17-/m1/s1. The van der Waals surface area contributed by atoms with Crippen LogP contribution in [-0.4, -0.2) is 22.9 Å². The highest BCUT2D eigenvalue weighted by molar-refractivity contribution is 6.00. The molecule has 2 heterocycles. The monoisotopic (exact) mass is 377 g/mol. The van der Waals surface area contributed by atoms with E-state index in [4.69, 9.17) is 9.15 Å². The van der Waals surface area contributed by atoms with Crippen LogP contribution in [0.25, 0.3) is 6.08 Å². The van der Waals surface area contributed by atoms with Crippen LogP contribution in [-0.2, 0) is 9.53 Å². The van der Waals surface area contributed by atoms with Gasteiger partial charge in [0.05, 0.1) is 12.3 Å². The molecule has 0 amide bonds. The minimum Gasteiger partial charge on any atom is -0.465 e. The van der Waals surface area contributed by atoms with E-state index in [1.165, 1.54) is 18.4 Å². The predicted octanol–water partition coefficient (Wildman–Crippen LogP) is 4.75. The fourth-order valence-corrected chi connectivity index (χ4v) is 3.33. The van der Waals surface area contributed by atoms with Gasteiger partial charge in [-0.05, 0) is 50.6 Å². The van der Waals surface area contributed by atoms with Gasteiger partial charge in [-0.25, -0.2) is 4.79 Å². The molecule has 0 unspecified atom stereocenters. The highest BCUT2D eigenvalue weighted by Crippen LogP contribution is 2.25. The van der Waals surface area contributed by atoms with Crippen LogP contribution in [0.2, 0.25) is 0 Å². The first kappa shape index (κ1) is 19.4. The minimum absolute atomic E-state index is 0.0986. The molecule has 1 aromatic carbocycles. The topological polar surface area (TPSA) is 61.4 Å². The van der Waals surface area contributed by atoms with E-state index in [1.54, 1.807) is 12.1 Å². The van der Waals surface area contributed by atoms with E-state index in [-0.39, 0.29) is 18.4 Å². The SMILES string of the molecule is Cc1cc(C(=O)COC(=O)/C=C/c2ccco2)c(C)n1[C@H](C)c1ccccc1. The van der Waals surface area contributed by atoms with Crippen molar-refractivity contribution >= 4 is 17.8 Å². The van der Waals surface area contributed by atoms with Crippen LogP contribution >= 0.6 is 0 Å². The largest absolute Gasteiger partial charge is 0.465 e. The zero-order chi connectivity index (χ0) is 20.1. The molecule has 28 heavy (non-hydrogen) atoms. The van der Waals surface area contributed by atoms with E-state index in [0.29, 0.717) is 11.3 Å². The lowest BCUT2D eigenvalue weighted by atomic mass is 10.1. The summed E-state index contributed by atoms with van der Waals surface area (Å²) < 4.78 is 12.3. The molecule has 0 radical (unpaired) electrons. The van der Waals surface area contributed by atoms with E-state index in [9.17, 15) is 9.59 Å². The van der Waals surface area contributed by atoms with Gasteiger partial charge in [-0.1, -0.05) is 30.3 Å². The van der Waals surface area contributed by atoms with Crippen molar-refractivity contribution in [2.75, 3.05) is 6.61 Å². The molecule has 0 spiro atoms. The molecular weight excluding hydrogens is 354 g/mol. The minimum atomic E-state index is -0.587. The van der Waals surface area contributed by atoms with Crippen molar-refractivity contribution in [1.29, 1.82) is 0 Å². The molecule has 3 aromatic rings. The van der Waals surface area contributed by atoms with Crippen LogP contribution in [0.4, 0.5) is 0 Å². The number of esters is 1. The van der Waals surface area contributed by atoms with Gasteiger partial charge < -0.3 is 13.7 Å². The second-order valence-electron chi connectivity index (χ2n) is 6.62. The number of ketones is 1. The van der Waals surface area contributed by atoms with Gasteiger partial charge in [0.25, 0.3) is 0 Å². The smallest absolute Gasteiger partial charge is 0.331 e. The average Bonchev–Trinajstić information content (AvgIpc) is 3.32. The Morgan fingerprint density at radius 3 is 2.57 bits per heavy atom. The highest BCUT2D eigenvalue weighted by Gasteiger charge is 2.20. The van der Waals surface area contributed by atoms with Gasteiger partial charge >= 0.3 is 5.97 Å². The van der Waals surface area contributed by atoms with E-state index in [2.05, 4.69) is 23.6 Å². The van der Waals surface area contributed by atoms with Crippen LogP contribution in [0.15, 0.2) is 65.3 Å². The summed E-state index contributed by atoms with van der Waals surface area (Å²) in [4.78, 5) is 24.4. The van der Waals surface area contributed by atoms with Crippen LogP contribution in [0.3, 0.4) is 0 Å². The van der Waals surface area contributed by atoms with Crippen molar-refractivity contribution in [2.24, 2.45) is 0 Å². The van der Waals surface area contributed by atoms with Gasteiger partial charge in [-0.2, -0.15) is 0 Å². The maximum Gasteiger partial charge on any atom is 0.331 e. The normalized spacial score (nSPS) is 12.2. The lowest BCUT2D eigenvalue weighted by Crippen LogP contribution is -2.15. The first-order chi connectivity index (χ1) is 13.5.